The van der Waals surface area contributed by atoms with Crippen LogP contribution in [0.1, 0.15) is 39.3 Å². The lowest BCUT2D eigenvalue weighted by molar-refractivity contribution is -0.140. The van der Waals surface area contributed by atoms with Crippen molar-refractivity contribution in [1.82, 2.24) is 9.88 Å². The normalized spacial score (nSPS) is 13.3. The van der Waals surface area contributed by atoms with Crippen LogP contribution in [-0.2, 0) is 4.79 Å². The second-order valence-corrected chi connectivity index (χ2v) is 5.13. The number of pyridine rings is 1. The van der Waals surface area contributed by atoms with Crippen LogP contribution in [0.2, 0.25) is 0 Å². The molecule has 0 bridgehead atoms. The van der Waals surface area contributed by atoms with Crippen LogP contribution in [0.3, 0.4) is 0 Å². The zero-order valence-corrected chi connectivity index (χ0v) is 10.7. The van der Waals surface area contributed by atoms with Gasteiger partial charge in [0.25, 0.3) is 0 Å². The Labute approximate surface area is 97.5 Å². The van der Waals surface area contributed by atoms with Crippen LogP contribution in [0.15, 0.2) is 24.5 Å². The summed E-state index contributed by atoms with van der Waals surface area (Å²) < 4.78 is 0. The van der Waals surface area contributed by atoms with Crippen molar-refractivity contribution in [3.8, 4) is 0 Å². The van der Waals surface area contributed by atoms with E-state index in [-0.39, 0.29) is 17.4 Å². The first-order valence-corrected chi connectivity index (χ1v) is 5.51. The van der Waals surface area contributed by atoms with Crippen LogP contribution >= 0.6 is 0 Å². The minimum atomic E-state index is -0.342. The van der Waals surface area contributed by atoms with Gasteiger partial charge in [0.2, 0.25) is 5.91 Å². The molecule has 1 atom stereocenters. The summed E-state index contributed by atoms with van der Waals surface area (Å²) in [4.78, 5) is 17.9. The summed E-state index contributed by atoms with van der Waals surface area (Å²) in [5.41, 5.74) is 0.716. The maximum atomic E-state index is 12.1. The first kappa shape index (κ1) is 12.7. The van der Waals surface area contributed by atoms with Crippen LogP contribution in [0.25, 0.3) is 0 Å². The van der Waals surface area contributed by atoms with Crippen LogP contribution in [0, 0.1) is 5.41 Å². The minimum absolute atomic E-state index is 0.0559. The number of rotatable bonds is 2. The molecule has 1 aromatic heterocycles. The molecule has 3 heteroatoms. The molecular weight excluding hydrogens is 200 g/mol. The maximum Gasteiger partial charge on any atom is 0.228 e. The van der Waals surface area contributed by atoms with E-state index in [9.17, 15) is 4.79 Å². The maximum absolute atomic E-state index is 12.1. The second-order valence-electron chi connectivity index (χ2n) is 5.13. The van der Waals surface area contributed by atoms with Gasteiger partial charge in [0, 0.05) is 24.9 Å². The first-order valence-electron chi connectivity index (χ1n) is 5.51. The third-order valence-corrected chi connectivity index (χ3v) is 2.71. The number of carbonyl (C=O) groups excluding carboxylic acids is 1. The Hall–Kier alpha value is -1.38. The van der Waals surface area contributed by atoms with Gasteiger partial charge in [-0.1, -0.05) is 26.8 Å². The Morgan fingerprint density at radius 3 is 2.50 bits per heavy atom. The average molecular weight is 220 g/mol. The highest BCUT2D eigenvalue weighted by Crippen LogP contribution is 2.24. The number of carbonyl (C=O) groups is 1. The van der Waals surface area contributed by atoms with E-state index in [1.165, 1.54) is 0 Å². The van der Waals surface area contributed by atoms with E-state index in [0.29, 0.717) is 0 Å². The summed E-state index contributed by atoms with van der Waals surface area (Å²) in [6.45, 7) is 7.81. The summed E-state index contributed by atoms with van der Waals surface area (Å²) >= 11 is 0. The summed E-state index contributed by atoms with van der Waals surface area (Å²) in [5.74, 6) is 0.142. The molecule has 1 amide bonds. The smallest absolute Gasteiger partial charge is 0.228 e. The van der Waals surface area contributed by atoms with E-state index >= 15 is 0 Å². The van der Waals surface area contributed by atoms with Crippen molar-refractivity contribution in [2.75, 3.05) is 7.05 Å². The predicted octanol–water partition coefficient (Wildman–Crippen LogP) is 2.65. The van der Waals surface area contributed by atoms with Crippen LogP contribution in [0.5, 0.6) is 0 Å². The quantitative estimate of drug-likeness (QED) is 0.767. The third-order valence-electron chi connectivity index (χ3n) is 2.71. The number of nitrogens with zero attached hydrogens (tertiary/aromatic N) is 2. The Morgan fingerprint density at radius 2 is 2.06 bits per heavy atom. The molecule has 0 aliphatic heterocycles. The lowest BCUT2D eigenvalue weighted by Gasteiger charge is -2.31. The molecule has 0 aromatic carbocycles. The van der Waals surface area contributed by atoms with Crippen LogP contribution in [0.4, 0.5) is 0 Å². The van der Waals surface area contributed by atoms with E-state index in [1.807, 2.05) is 46.9 Å². The van der Waals surface area contributed by atoms with Crippen molar-refractivity contribution < 1.29 is 4.79 Å². The van der Waals surface area contributed by atoms with Gasteiger partial charge in [0.05, 0.1) is 6.04 Å². The van der Waals surface area contributed by atoms with E-state index in [0.717, 1.165) is 5.56 Å². The largest absolute Gasteiger partial charge is 0.338 e. The van der Waals surface area contributed by atoms with Crippen molar-refractivity contribution in [1.29, 1.82) is 0 Å². The lowest BCUT2D eigenvalue weighted by Crippen LogP contribution is -2.38. The molecule has 1 heterocycles. The molecule has 0 N–H and O–H groups in total. The number of amides is 1. The van der Waals surface area contributed by atoms with Gasteiger partial charge in [-0.25, -0.2) is 0 Å². The van der Waals surface area contributed by atoms with Gasteiger partial charge in [-0.3, -0.25) is 9.78 Å². The zero-order chi connectivity index (χ0) is 12.3. The molecule has 88 valence electrons. The predicted molar refractivity (Wildman–Crippen MR) is 64.9 cm³/mol. The summed E-state index contributed by atoms with van der Waals surface area (Å²) in [6, 6.07) is 3.94. The Balaban J connectivity index is 2.83. The van der Waals surface area contributed by atoms with Gasteiger partial charge in [-0.15, -0.1) is 0 Å². The van der Waals surface area contributed by atoms with Crippen molar-refractivity contribution in [3.63, 3.8) is 0 Å². The van der Waals surface area contributed by atoms with Crippen molar-refractivity contribution in [2.45, 2.75) is 33.7 Å². The SMILES string of the molecule is CC(c1cccnc1)N(C)C(=O)C(C)(C)C. The topological polar surface area (TPSA) is 33.2 Å². The van der Waals surface area contributed by atoms with Crippen molar-refractivity contribution >= 4 is 5.91 Å². The van der Waals surface area contributed by atoms with Gasteiger partial charge in [0.1, 0.15) is 0 Å². The summed E-state index contributed by atoms with van der Waals surface area (Å²) in [7, 11) is 1.84. The minimum Gasteiger partial charge on any atom is -0.338 e. The average Bonchev–Trinajstić information content (AvgIpc) is 2.26. The molecule has 1 rings (SSSR count). The molecule has 1 aromatic rings. The van der Waals surface area contributed by atoms with Gasteiger partial charge in [0.15, 0.2) is 0 Å². The number of aromatic nitrogens is 1. The van der Waals surface area contributed by atoms with E-state index in [2.05, 4.69) is 4.98 Å². The Morgan fingerprint density at radius 1 is 1.44 bits per heavy atom. The molecule has 0 radical (unpaired) electrons. The number of hydrogen-bond donors (Lipinski definition) is 0. The summed E-state index contributed by atoms with van der Waals surface area (Å²) in [6.07, 6.45) is 3.54. The molecule has 0 spiro atoms. The van der Waals surface area contributed by atoms with Gasteiger partial charge in [-0.2, -0.15) is 0 Å². The fraction of sp³-hybridized carbons (Fsp3) is 0.538. The zero-order valence-electron chi connectivity index (χ0n) is 10.7. The van der Waals surface area contributed by atoms with Crippen LogP contribution in [-0.4, -0.2) is 22.8 Å². The molecular formula is C13H20N2O. The van der Waals surface area contributed by atoms with E-state index < -0.39 is 0 Å². The number of hydrogen-bond acceptors (Lipinski definition) is 2. The Bertz CT molecular complexity index is 354. The van der Waals surface area contributed by atoms with Crippen molar-refractivity contribution in [2.24, 2.45) is 5.41 Å². The molecule has 0 aliphatic carbocycles. The molecule has 16 heavy (non-hydrogen) atoms. The highest BCUT2D eigenvalue weighted by molar-refractivity contribution is 5.81. The lowest BCUT2D eigenvalue weighted by atomic mass is 9.93. The monoisotopic (exact) mass is 220 g/mol. The van der Waals surface area contributed by atoms with E-state index in [4.69, 9.17) is 0 Å². The van der Waals surface area contributed by atoms with Gasteiger partial charge < -0.3 is 4.90 Å². The molecule has 3 nitrogen and oxygen atoms in total. The molecule has 0 saturated heterocycles. The van der Waals surface area contributed by atoms with Crippen molar-refractivity contribution in [3.05, 3.63) is 30.1 Å². The fourth-order valence-corrected chi connectivity index (χ4v) is 1.55. The fourth-order valence-electron chi connectivity index (χ4n) is 1.55. The van der Waals surface area contributed by atoms with E-state index in [1.54, 1.807) is 17.3 Å². The Kier molecular flexibility index (Phi) is 3.68. The molecule has 0 saturated carbocycles. The van der Waals surface area contributed by atoms with Crippen LogP contribution < -0.4 is 0 Å². The standard InChI is InChI=1S/C13H20N2O/c1-10(11-7-6-8-14-9-11)15(5)12(16)13(2,3)4/h6-10H,1-5H3. The second kappa shape index (κ2) is 4.64. The van der Waals surface area contributed by atoms with Gasteiger partial charge >= 0.3 is 0 Å². The van der Waals surface area contributed by atoms with Gasteiger partial charge in [-0.05, 0) is 18.6 Å². The molecule has 0 fully saturated rings. The summed E-state index contributed by atoms with van der Waals surface area (Å²) in [5, 5.41) is 0. The highest BCUT2D eigenvalue weighted by Gasteiger charge is 2.28. The molecule has 0 aliphatic rings. The highest BCUT2D eigenvalue weighted by atomic mass is 16.2. The first-order chi connectivity index (χ1) is 7.34. The molecule has 1 unspecified atom stereocenters. The third kappa shape index (κ3) is 2.81.